The minimum Gasteiger partial charge on any atom is -0.363 e. The molecule has 0 amide bonds. The molecular weight excluding hydrogens is 192 g/mol. The highest BCUT2D eigenvalue weighted by atomic mass is 15.3. The third-order valence-electron chi connectivity index (χ3n) is 1.88. The van der Waals surface area contributed by atoms with Gasteiger partial charge < -0.3 is 5.32 Å². The summed E-state index contributed by atoms with van der Waals surface area (Å²) in [5.74, 6) is 1.53. The average Bonchev–Trinajstić information content (AvgIpc) is 2.62. The lowest BCUT2D eigenvalue weighted by atomic mass is 10.4. The summed E-state index contributed by atoms with van der Waals surface area (Å²) in [6.07, 6.45) is 3.20. The van der Waals surface area contributed by atoms with E-state index in [1.807, 2.05) is 20.0 Å². The SMILES string of the molecule is Cc1cc(NCc2ncn(C)n2)ncn1. The van der Waals surface area contributed by atoms with Gasteiger partial charge in [-0.1, -0.05) is 0 Å². The van der Waals surface area contributed by atoms with Crippen LogP contribution in [0.2, 0.25) is 0 Å². The van der Waals surface area contributed by atoms with Gasteiger partial charge in [0.1, 0.15) is 18.5 Å². The van der Waals surface area contributed by atoms with Crippen LogP contribution in [0.3, 0.4) is 0 Å². The van der Waals surface area contributed by atoms with Crippen molar-refractivity contribution in [3.05, 3.63) is 30.2 Å². The summed E-state index contributed by atoms with van der Waals surface area (Å²) in [7, 11) is 1.84. The summed E-state index contributed by atoms with van der Waals surface area (Å²) >= 11 is 0. The topological polar surface area (TPSA) is 68.5 Å². The fraction of sp³-hybridized carbons (Fsp3) is 0.333. The number of aromatic nitrogens is 5. The molecule has 2 aromatic rings. The Morgan fingerprint density at radius 3 is 2.87 bits per heavy atom. The molecule has 6 heteroatoms. The Kier molecular flexibility index (Phi) is 2.57. The molecule has 2 aromatic heterocycles. The Morgan fingerprint density at radius 1 is 1.33 bits per heavy atom. The number of rotatable bonds is 3. The van der Waals surface area contributed by atoms with Crippen LogP contribution < -0.4 is 5.32 Å². The van der Waals surface area contributed by atoms with Gasteiger partial charge in [-0.25, -0.2) is 15.0 Å². The van der Waals surface area contributed by atoms with Gasteiger partial charge in [-0.15, -0.1) is 0 Å². The molecule has 0 unspecified atom stereocenters. The van der Waals surface area contributed by atoms with Crippen molar-refractivity contribution in [3.8, 4) is 0 Å². The molecule has 0 spiro atoms. The first-order valence-corrected chi connectivity index (χ1v) is 4.61. The molecular formula is C9H12N6. The number of anilines is 1. The molecule has 0 aliphatic rings. The van der Waals surface area contributed by atoms with E-state index in [0.29, 0.717) is 6.54 Å². The Labute approximate surface area is 87.4 Å². The highest BCUT2D eigenvalue weighted by Crippen LogP contribution is 2.03. The second kappa shape index (κ2) is 4.04. The third-order valence-corrected chi connectivity index (χ3v) is 1.88. The zero-order valence-corrected chi connectivity index (χ0v) is 8.68. The maximum atomic E-state index is 4.15. The molecule has 0 bridgehead atoms. The predicted octanol–water partition coefficient (Wildman–Crippen LogP) is 0.526. The van der Waals surface area contributed by atoms with E-state index < -0.39 is 0 Å². The lowest BCUT2D eigenvalue weighted by molar-refractivity contribution is 0.747. The van der Waals surface area contributed by atoms with Crippen LogP contribution in [0.4, 0.5) is 5.82 Å². The molecule has 78 valence electrons. The van der Waals surface area contributed by atoms with Gasteiger partial charge in [0.2, 0.25) is 0 Å². The van der Waals surface area contributed by atoms with Crippen molar-refractivity contribution in [1.29, 1.82) is 0 Å². The van der Waals surface area contributed by atoms with Gasteiger partial charge in [0.05, 0.1) is 6.54 Å². The summed E-state index contributed by atoms with van der Waals surface area (Å²) in [5, 5.41) is 7.27. The lowest BCUT2D eigenvalue weighted by Gasteiger charge is -2.02. The molecule has 0 saturated carbocycles. The molecule has 0 fully saturated rings. The van der Waals surface area contributed by atoms with Crippen LogP contribution in [0.15, 0.2) is 18.7 Å². The molecule has 0 aliphatic carbocycles. The van der Waals surface area contributed by atoms with E-state index in [4.69, 9.17) is 0 Å². The average molecular weight is 204 g/mol. The summed E-state index contributed by atoms with van der Waals surface area (Å²) in [6, 6.07) is 1.88. The van der Waals surface area contributed by atoms with E-state index in [2.05, 4.69) is 25.4 Å². The van der Waals surface area contributed by atoms with Crippen LogP contribution in [0, 0.1) is 6.92 Å². The zero-order chi connectivity index (χ0) is 10.7. The molecule has 15 heavy (non-hydrogen) atoms. The van der Waals surface area contributed by atoms with Crippen molar-refractivity contribution >= 4 is 5.82 Å². The van der Waals surface area contributed by atoms with Crippen molar-refractivity contribution in [2.24, 2.45) is 7.05 Å². The second-order valence-electron chi connectivity index (χ2n) is 3.23. The first-order valence-electron chi connectivity index (χ1n) is 4.61. The van der Waals surface area contributed by atoms with E-state index in [9.17, 15) is 0 Å². The maximum absolute atomic E-state index is 4.15. The Hall–Kier alpha value is -1.98. The van der Waals surface area contributed by atoms with Crippen molar-refractivity contribution in [3.63, 3.8) is 0 Å². The number of nitrogens with one attached hydrogen (secondary N) is 1. The van der Waals surface area contributed by atoms with E-state index in [-0.39, 0.29) is 0 Å². The number of aryl methyl sites for hydroxylation is 2. The van der Waals surface area contributed by atoms with Crippen LogP contribution in [0.25, 0.3) is 0 Å². The highest BCUT2D eigenvalue weighted by Gasteiger charge is 1.99. The van der Waals surface area contributed by atoms with Crippen molar-refractivity contribution < 1.29 is 0 Å². The van der Waals surface area contributed by atoms with E-state index in [1.54, 1.807) is 11.0 Å². The largest absolute Gasteiger partial charge is 0.363 e. The lowest BCUT2D eigenvalue weighted by Crippen LogP contribution is -2.04. The number of hydrogen-bond acceptors (Lipinski definition) is 5. The molecule has 0 aromatic carbocycles. The van der Waals surface area contributed by atoms with Crippen LogP contribution in [0.1, 0.15) is 11.5 Å². The van der Waals surface area contributed by atoms with Crippen LogP contribution in [-0.2, 0) is 13.6 Å². The zero-order valence-electron chi connectivity index (χ0n) is 8.68. The molecule has 0 aliphatic heterocycles. The van der Waals surface area contributed by atoms with Crippen molar-refractivity contribution in [1.82, 2.24) is 24.7 Å². The fourth-order valence-electron chi connectivity index (χ4n) is 1.19. The van der Waals surface area contributed by atoms with Gasteiger partial charge in [-0.2, -0.15) is 5.10 Å². The highest BCUT2D eigenvalue weighted by molar-refractivity contribution is 5.34. The summed E-state index contributed by atoms with van der Waals surface area (Å²) in [6.45, 7) is 2.49. The third kappa shape index (κ3) is 2.49. The molecule has 6 nitrogen and oxygen atoms in total. The molecule has 2 heterocycles. The summed E-state index contributed by atoms with van der Waals surface area (Å²) < 4.78 is 1.67. The van der Waals surface area contributed by atoms with E-state index in [1.165, 1.54) is 6.33 Å². The Morgan fingerprint density at radius 2 is 2.20 bits per heavy atom. The van der Waals surface area contributed by atoms with E-state index >= 15 is 0 Å². The number of hydrogen-bond donors (Lipinski definition) is 1. The number of nitrogens with zero attached hydrogens (tertiary/aromatic N) is 5. The molecule has 0 radical (unpaired) electrons. The fourth-order valence-corrected chi connectivity index (χ4v) is 1.19. The second-order valence-corrected chi connectivity index (χ2v) is 3.23. The van der Waals surface area contributed by atoms with Crippen molar-refractivity contribution in [2.75, 3.05) is 5.32 Å². The van der Waals surface area contributed by atoms with Crippen LogP contribution >= 0.6 is 0 Å². The standard InChI is InChI=1S/C9H12N6/c1-7-3-8(12-5-11-7)10-4-9-13-6-15(2)14-9/h3,5-6H,4H2,1-2H3,(H,10,11,12). The van der Waals surface area contributed by atoms with Gasteiger partial charge >= 0.3 is 0 Å². The monoisotopic (exact) mass is 204 g/mol. The minimum atomic E-state index is 0.567. The summed E-state index contributed by atoms with van der Waals surface area (Å²) in [4.78, 5) is 12.2. The van der Waals surface area contributed by atoms with Crippen LogP contribution in [-0.4, -0.2) is 24.7 Å². The smallest absolute Gasteiger partial charge is 0.169 e. The van der Waals surface area contributed by atoms with E-state index in [0.717, 1.165) is 17.3 Å². The molecule has 0 saturated heterocycles. The predicted molar refractivity (Wildman–Crippen MR) is 55.1 cm³/mol. The normalized spacial score (nSPS) is 10.3. The molecule has 0 atom stereocenters. The summed E-state index contributed by atoms with van der Waals surface area (Å²) in [5.41, 5.74) is 0.932. The van der Waals surface area contributed by atoms with Gasteiger partial charge in [0.15, 0.2) is 5.82 Å². The molecule has 2 rings (SSSR count). The quantitative estimate of drug-likeness (QED) is 0.789. The van der Waals surface area contributed by atoms with Gasteiger partial charge in [0.25, 0.3) is 0 Å². The maximum Gasteiger partial charge on any atom is 0.169 e. The van der Waals surface area contributed by atoms with Gasteiger partial charge in [-0.05, 0) is 6.92 Å². The minimum absolute atomic E-state index is 0.567. The molecule has 1 N–H and O–H groups in total. The first-order chi connectivity index (χ1) is 7.24. The van der Waals surface area contributed by atoms with Gasteiger partial charge in [0, 0.05) is 18.8 Å². The van der Waals surface area contributed by atoms with Gasteiger partial charge in [-0.3, -0.25) is 4.68 Å². The Bertz CT molecular complexity index is 449. The first kappa shape index (κ1) is 9.57. The van der Waals surface area contributed by atoms with Crippen LogP contribution in [0.5, 0.6) is 0 Å². The Balaban J connectivity index is 1.99. The van der Waals surface area contributed by atoms with Crippen molar-refractivity contribution in [2.45, 2.75) is 13.5 Å².